The molecule has 1 aromatic heterocycles. The van der Waals surface area contributed by atoms with Gasteiger partial charge >= 0.3 is 0 Å². The lowest BCUT2D eigenvalue weighted by Crippen LogP contribution is -2.32. The van der Waals surface area contributed by atoms with Crippen molar-refractivity contribution in [1.82, 2.24) is 15.3 Å². The zero-order valence-corrected chi connectivity index (χ0v) is 14.8. The van der Waals surface area contributed by atoms with E-state index in [9.17, 15) is 4.79 Å². The molecule has 0 saturated heterocycles. The van der Waals surface area contributed by atoms with E-state index >= 15 is 0 Å². The largest absolute Gasteiger partial charge is 0.490 e. The van der Waals surface area contributed by atoms with Gasteiger partial charge in [-0.2, -0.15) is 0 Å². The summed E-state index contributed by atoms with van der Waals surface area (Å²) in [5, 5.41) is 3.05. The molecule has 0 aliphatic carbocycles. The van der Waals surface area contributed by atoms with E-state index in [0.29, 0.717) is 18.9 Å². The van der Waals surface area contributed by atoms with Crippen LogP contribution in [0.5, 0.6) is 11.5 Å². The van der Waals surface area contributed by atoms with E-state index in [1.807, 2.05) is 25.1 Å². The van der Waals surface area contributed by atoms with Crippen molar-refractivity contribution in [1.29, 1.82) is 0 Å². The molecular weight excluding hydrogens is 318 g/mol. The Morgan fingerprint density at radius 3 is 2.56 bits per heavy atom. The lowest BCUT2D eigenvalue weighted by molar-refractivity contribution is 0.0920. The summed E-state index contributed by atoms with van der Waals surface area (Å²) in [6.45, 7) is 7.25. The molecule has 1 N–H and O–H groups in total. The molecule has 0 fully saturated rings. The minimum atomic E-state index is -0.238. The van der Waals surface area contributed by atoms with Gasteiger partial charge < -0.3 is 14.8 Å². The summed E-state index contributed by atoms with van der Waals surface area (Å²) in [5.74, 6) is 1.44. The molecule has 6 heteroatoms. The number of hydrogen-bond donors (Lipinski definition) is 1. The molecule has 0 radical (unpaired) electrons. The molecule has 2 aromatic rings. The summed E-state index contributed by atoms with van der Waals surface area (Å²) < 4.78 is 11.4. The molecule has 1 unspecified atom stereocenters. The number of carbonyl (C=O) groups excluding carboxylic acids is 1. The van der Waals surface area contributed by atoms with E-state index in [4.69, 9.17) is 9.47 Å². The van der Waals surface area contributed by atoms with Gasteiger partial charge in [-0.25, -0.2) is 4.98 Å². The smallest absolute Gasteiger partial charge is 0.271 e. The van der Waals surface area contributed by atoms with Crippen LogP contribution in [0.4, 0.5) is 0 Å². The molecule has 1 atom stereocenters. The molecule has 132 valence electrons. The SMILES string of the molecule is Cc1cnc(C(=O)NC(c2ccc3c(c2)OCCCO3)C(C)C)cn1. The summed E-state index contributed by atoms with van der Waals surface area (Å²) in [6.07, 6.45) is 3.95. The normalized spacial score (nSPS) is 14.7. The molecule has 2 heterocycles. The number of hydrogen-bond acceptors (Lipinski definition) is 5. The zero-order chi connectivity index (χ0) is 17.8. The first kappa shape index (κ1) is 17.2. The van der Waals surface area contributed by atoms with Crippen molar-refractivity contribution in [2.75, 3.05) is 13.2 Å². The average molecular weight is 341 g/mol. The van der Waals surface area contributed by atoms with Crippen molar-refractivity contribution in [3.63, 3.8) is 0 Å². The van der Waals surface area contributed by atoms with Gasteiger partial charge in [0.15, 0.2) is 11.5 Å². The van der Waals surface area contributed by atoms with Crippen molar-refractivity contribution in [3.05, 3.63) is 47.5 Å². The molecule has 0 saturated carbocycles. The fraction of sp³-hybridized carbons (Fsp3) is 0.421. The summed E-state index contributed by atoms with van der Waals surface area (Å²) in [4.78, 5) is 20.8. The quantitative estimate of drug-likeness (QED) is 0.925. The van der Waals surface area contributed by atoms with Crippen LogP contribution in [0, 0.1) is 12.8 Å². The molecule has 0 bridgehead atoms. The minimum absolute atomic E-state index is 0.159. The number of nitrogens with one attached hydrogen (secondary N) is 1. The van der Waals surface area contributed by atoms with Crippen LogP contribution in [-0.2, 0) is 0 Å². The van der Waals surface area contributed by atoms with Gasteiger partial charge in [0, 0.05) is 12.6 Å². The highest BCUT2D eigenvalue weighted by molar-refractivity contribution is 5.92. The second-order valence-corrected chi connectivity index (χ2v) is 6.49. The topological polar surface area (TPSA) is 73.3 Å². The van der Waals surface area contributed by atoms with Crippen molar-refractivity contribution < 1.29 is 14.3 Å². The number of rotatable bonds is 4. The van der Waals surface area contributed by atoms with Gasteiger partial charge in [-0.15, -0.1) is 0 Å². The van der Waals surface area contributed by atoms with Crippen LogP contribution in [0.2, 0.25) is 0 Å². The third-order valence-corrected chi connectivity index (χ3v) is 4.10. The lowest BCUT2D eigenvalue weighted by atomic mass is 9.95. The second kappa shape index (κ2) is 7.51. The Balaban J connectivity index is 1.82. The van der Waals surface area contributed by atoms with E-state index in [1.54, 1.807) is 6.20 Å². The van der Waals surface area contributed by atoms with Gasteiger partial charge in [-0.3, -0.25) is 9.78 Å². The summed E-state index contributed by atoms with van der Waals surface area (Å²) in [5.41, 5.74) is 2.07. The monoisotopic (exact) mass is 341 g/mol. The Morgan fingerprint density at radius 2 is 1.88 bits per heavy atom. The average Bonchev–Trinajstić information content (AvgIpc) is 2.84. The number of carbonyl (C=O) groups is 1. The van der Waals surface area contributed by atoms with Gasteiger partial charge in [0.1, 0.15) is 5.69 Å². The number of benzene rings is 1. The van der Waals surface area contributed by atoms with Gasteiger partial charge in [-0.05, 0) is 30.5 Å². The zero-order valence-electron chi connectivity index (χ0n) is 14.8. The summed E-state index contributed by atoms with van der Waals surface area (Å²) in [7, 11) is 0. The van der Waals surface area contributed by atoms with Crippen molar-refractivity contribution in [2.45, 2.75) is 33.2 Å². The van der Waals surface area contributed by atoms with Crippen LogP contribution >= 0.6 is 0 Å². The third kappa shape index (κ3) is 4.07. The van der Waals surface area contributed by atoms with Crippen LogP contribution in [-0.4, -0.2) is 29.1 Å². The van der Waals surface area contributed by atoms with Crippen LogP contribution < -0.4 is 14.8 Å². The van der Waals surface area contributed by atoms with E-state index in [-0.39, 0.29) is 17.9 Å². The van der Waals surface area contributed by atoms with Crippen LogP contribution in [0.1, 0.15) is 48.1 Å². The molecule has 0 spiro atoms. The number of nitrogens with zero attached hydrogens (tertiary/aromatic N) is 2. The fourth-order valence-electron chi connectivity index (χ4n) is 2.73. The van der Waals surface area contributed by atoms with Crippen molar-refractivity contribution in [3.8, 4) is 11.5 Å². The van der Waals surface area contributed by atoms with Gasteiger partial charge in [0.2, 0.25) is 0 Å². The number of ether oxygens (including phenoxy) is 2. The van der Waals surface area contributed by atoms with E-state index < -0.39 is 0 Å². The highest BCUT2D eigenvalue weighted by Gasteiger charge is 2.22. The highest BCUT2D eigenvalue weighted by Crippen LogP contribution is 2.34. The van der Waals surface area contributed by atoms with Gasteiger partial charge in [0.25, 0.3) is 5.91 Å². The fourth-order valence-corrected chi connectivity index (χ4v) is 2.73. The Hall–Kier alpha value is -2.63. The van der Waals surface area contributed by atoms with E-state index in [1.165, 1.54) is 6.20 Å². The number of aromatic nitrogens is 2. The second-order valence-electron chi connectivity index (χ2n) is 6.49. The summed E-state index contributed by atoms with van der Waals surface area (Å²) in [6, 6.07) is 5.67. The molecule has 1 aliphatic heterocycles. The predicted octanol–water partition coefficient (Wildman–Crippen LogP) is 3.07. The third-order valence-electron chi connectivity index (χ3n) is 4.10. The number of amides is 1. The molecule has 1 aliphatic rings. The Bertz CT molecular complexity index is 744. The maximum absolute atomic E-state index is 12.5. The molecule has 1 amide bonds. The van der Waals surface area contributed by atoms with E-state index in [0.717, 1.165) is 29.2 Å². The molecule has 25 heavy (non-hydrogen) atoms. The standard InChI is InChI=1S/C19H23N3O3/c1-12(2)18(22-19(23)15-11-20-13(3)10-21-15)14-5-6-16-17(9-14)25-8-4-7-24-16/h5-6,9-12,18H,4,7-8H2,1-3H3,(H,22,23). The lowest BCUT2D eigenvalue weighted by Gasteiger charge is -2.23. The first-order valence-electron chi connectivity index (χ1n) is 8.53. The van der Waals surface area contributed by atoms with Crippen molar-refractivity contribution in [2.24, 2.45) is 5.92 Å². The first-order chi connectivity index (χ1) is 12.0. The van der Waals surface area contributed by atoms with Crippen LogP contribution in [0.25, 0.3) is 0 Å². The maximum Gasteiger partial charge on any atom is 0.271 e. The minimum Gasteiger partial charge on any atom is -0.490 e. The van der Waals surface area contributed by atoms with Crippen molar-refractivity contribution >= 4 is 5.91 Å². The maximum atomic E-state index is 12.5. The molecule has 3 rings (SSSR count). The molecule has 1 aromatic carbocycles. The molecule has 6 nitrogen and oxygen atoms in total. The highest BCUT2D eigenvalue weighted by atomic mass is 16.5. The Kier molecular flexibility index (Phi) is 5.16. The molecular formula is C19H23N3O3. The van der Waals surface area contributed by atoms with Crippen LogP contribution in [0.15, 0.2) is 30.6 Å². The van der Waals surface area contributed by atoms with Gasteiger partial charge in [0.05, 0.1) is 31.1 Å². The summed E-state index contributed by atoms with van der Waals surface area (Å²) >= 11 is 0. The Morgan fingerprint density at radius 1 is 1.12 bits per heavy atom. The first-order valence-corrected chi connectivity index (χ1v) is 8.53. The van der Waals surface area contributed by atoms with Crippen LogP contribution in [0.3, 0.4) is 0 Å². The van der Waals surface area contributed by atoms with Gasteiger partial charge in [-0.1, -0.05) is 19.9 Å². The Labute approximate surface area is 147 Å². The number of fused-ring (bicyclic) bond motifs is 1. The number of aryl methyl sites for hydroxylation is 1. The van der Waals surface area contributed by atoms with E-state index in [2.05, 4.69) is 29.1 Å². The predicted molar refractivity (Wildman–Crippen MR) is 93.9 cm³/mol.